The van der Waals surface area contributed by atoms with Crippen molar-refractivity contribution in [3.63, 3.8) is 0 Å². The molecule has 5 heteroatoms. The van der Waals surface area contributed by atoms with Crippen LogP contribution in [0.4, 0.5) is 0 Å². The summed E-state index contributed by atoms with van der Waals surface area (Å²) in [6.45, 7) is 53.4. The normalized spacial score (nSPS) is 14.7. The fraction of sp³-hybridized carbons (Fsp3) is 0.472. The predicted molar refractivity (Wildman–Crippen MR) is 361 cm³/mol. The van der Waals surface area contributed by atoms with E-state index in [1.807, 2.05) is 0 Å². The molecule has 0 aromatic heterocycles. The highest BCUT2D eigenvalue weighted by Crippen LogP contribution is 2.30. The minimum absolute atomic E-state index is 0. The standard InChI is InChI=1S/3C10H14.5C8H12B.2CH4/c3*1-10(2,3)9-7-5-4-6-8-9;2*1-8(2,3)7-4-5-9-6-7;3*1-8(2,3)7-5-4-6-9-7;;/h3*4-8H,1-3H3;5*4-6H,1-3H3;2*1H4. The summed E-state index contributed by atoms with van der Waals surface area (Å²) in [6, 6.07) is 31.7. The molecule has 5 radical (unpaired) electrons. The first-order valence-corrected chi connectivity index (χ1v) is 27.6. The maximum absolute atomic E-state index is 2.22. The van der Waals surface area contributed by atoms with E-state index in [-0.39, 0.29) is 14.9 Å². The molecule has 0 saturated heterocycles. The third-order valence-electron chi connectivity index (χ3n) is 12.6. The summed E-state index contributed by atoms with van der Waals surface area (Å²) in [7, 11) is 10.7. The molecule has 0 unspecified atom stereocenters. The third kappa shape index (κ3) is 32.8. The summed E-state index contributed by atoms with van der Waals surface area (Å²) >= 11 is 0. The molecular formula is C72H110B5. The second kappa shape index (κ2) is 33.7. The van der Waals surface area contributed by atoms with Crippen molar-refractivity contribution >= 4 is 36.4 Å². The van der Waals surface area contributed by atoms with Crippen LogP contribution in [0.2, 0.25) is 0 Å². The summed E-state index contributed by atoms with van der Waals surface area (Å²) < 4.78 is 0. The number of hydrogen-bond donors (Lipinski definition) is 0. The van der Waals surface area contributed by atoms with Crippen LogP contribution in [-0.2, 0) is 16.2 Å². The molecule has 0 fully saturated rings. The zero-order chi connectivity index (χ0) is 57.4. The second-order valence-electron chi connectivity index (χ2n) is 28.0. The molecule has 5 heterocycles. The van der Waals surface area contributed by atoms with Crippen LogP contribution in [-0.4, -0.2) is 36.4 Å². The van der Waals surface area contributed by atoms with Gasteiger partial charge in [0.15, 0.2) is 36.4 Å². The lowest BCUT2D eigenvalue weighted by atomic mass is 9.62. The van der Waals surface area contributed by atoms with Crippen LogP contribution in [0.25, 0.3) is 0 Å². The van der Waals surface area contributed by atoms with E-state index in [4.69, 9.17) is 0 Å². The highest BCUT2D eigenvalue weighted by atomic mass is 14.2. The zero-order valence-electron chi connectivity index (χ0n) is 52.2. The minimum atomic E-state index is 0. The van der Waals surface area contributed by atoms with Gasteiger partial charge >= 0.3 is 0 Å². The molecule has 413 valence electrons. The van der Waals surface area contributed by atoms with E-state index in [1.54, 1.807) is 0 Å². The first-order chi connectivity index (χ1) is 34.3. The molecule has 5 aliphatic rings. The summed E-state index contributed by atoms with van der Waals surface area (Å²) in [5.41, 5.74) is 13.8. The lowest BCUT2D eigenvalue weighted by molar-refractivity contribution is 0.518. The molecule has 0 N–H and O–H groups in total. The van der Waals surface area contributed by atoms with E-state index in [0.29, 0.717) is 43.3 Å². The Morgan fingerprint density at radius 1 is 0.260 bits per heavy atom. The Morgan fingerprint density at radius 2 is 0.481 bits per heavy atom. The SMILES string of the molecule is C.C.CC(C)(C)C1=CC=C[B]1.CC(C)(C)C1=CC=C[B]1.CC(C)(C)C1=CC=C[B]1.CC(C)(C)C1=C[B]C=C1.CC(C)(C)C1=C[B]C=C1.CC(C)(C)c1ccccc1.CC(C)(C)c1ccccc1.CC(C)(C)c1ccccc1. The molecule has 77 heavy (non-hydrogen) atoms. The van der Waals surface area contributed by atoms with Gasteiger partial charge < -0.3 is 0 Å². The van der Waals surface area contributed by atoms with Crippen molar-refractivity contribution in [3.05, 3.63) is 226 Å². The van der Waals surface area contributed by atoms with E-state index in [9.17, 15) is 0 Å². The van der Waals surface area contributed by atoms with E-state index in [0.717, 1.165) is 0 Å². The van der Waals surface area contributed by atoms with Crippen LogP contribution in [0, 0.1) is 27.1 Å². The molecule has 0 spiro atoms. The Hall–Kier alpha value is -4.62. The van der Waals surface area contributed by atoms with Crippen LogP contribution >= 0.6 is 0 Å². The van der Waals surface area contributed by atoms with Crippen molar-refractivity contribution in [1.29, 1.82) is 0 Å². The van der Waals surface area contributed by atoms with Gasteiger partial charge in [-0.15, -0.1) is 41.8 Å². The third-order valence-corrected chi connectivity index (χ3v) is 12.6. The molecule has 0 nitrogen and oxygen atoms in total. The molecule has 0 amide bonds. The topological polar surface area (TPSA) is 0 Å². The Labute approximate surface area is 483 Å². The fourth-order valence-electron chi connectivity index (χ4n) is 7.18. The van der Waals surface area contributed by atoms with Crippen LogP contribution in [0.3, 0.4) is 0 Å². The Morgan fingerprint density at radius 3 is 0.571 bits per heavy atom. The van der Waals surface area contributed by atoms with Gasteiger partial charge in [-0.05, 0) is 60.0 Å². The van der Waals surface area contributed by atoms with E-state index in [1.165, 1.54) is 44.3 Å². The molecule has 5 aliphatic heterocycles. The molecule has 0 atom stereocenters. The van der Waals surface area contributed by atoms with Gasteiger partial charge in [0.05, 0.1) is 0 Å². The number of benzene rings is 3. The second-order valence-corrected chi connectivity index (χ2v) is 28.0. The first kappa shape index (κ1) is 74.5. The van der Waals surface area contributed by atoms with Crippen molar-refractivity contribution in [1.82, 2.24) is 0 Å². The quantitative estimate of drug-likeness (QED) is 0.197. The molecule has 3 aromatic carbocycles. The van der Waals surface area contributed by atoms with E-state index < -0.39 is 0 Å². The largest absolute Gasteiger partial charge is 0.176 e. The lowest BCUT2D eigenvalue weighted by Gasteiger charge is -2.19. The molecular weight excluding hydrogens is 919 g/mol. The summed E-state index contributed by atoms with van der Waals surface area (Å²) in [5, 5.41) is 0. The molecule has 0 saturated carbocycles. The van der Waals surface area contributed by atoms with Gasteiger partial charge in [-0.25, -0.2) is 0 Å². The number of rotatable bonds is 0. The molecule has 0 bridgehead atoms. The van der Waals surface area contributed by atoms with Crippen LogP contribution in [0.15, 0.2) is 209 Å². The zero-order valence-corrected chi connectivity index (χ0v) is 52.2. The van der Waals surface area contributed by atoms with Gasteiger partial charge in [-0.3, -0.25) is 0 Å². The van der Waals surface area contributed by atoms with Crippen LogP contribution in [0.1, 0.15) is 198 Å². The van der Waals surface area contributed by atoms with Gasteiger partial charge in [-0.2, -0.15) is 0 Å². The monoisotopic (exact) mass is 1030 g/mol. The Balaban J connectivity index is 0. The van der Waals surface area contributed by atoms with Crippen LogP contribution in [0.5, 0.6) is 0 Å². The van der Waals surface area contributed by atoms with Gasteiger partial charge in [0, 0.05) is 0 Å². The average Bonchev–Trinajstić information content (AvgIpc) is 4.16. The van der Waals surface area contributed by atoms with Crippen molar-refractivity contribution in [2.75, 3.05) is 0 Å². The minimum Gasteiger partial charge on any atom is -0.117 e. The Bertz CT molecular complexity index is 2160. The van der Waals surface area contributed by atoms with Crippen molar-refractivity contribution in [2.45, 2.75) is 197 Å². The predicted octanol–water partition coefficient (Wildman–Crippen LogP) is 21.0. The highest BCUT2D eigenvalue weighted by Gasteiger charge is 2.20. The first-order valence-electron chi connectivity index (χ1n) is 27.6. The maximum Gasteiger partial charge on any atom is 0.176 e. The highest BCUT2D eigenvalue weighted by molar-refractivity contribution is 6.53. The summed E-state index contributed by atoms with van der Waals surface area (Å²) in [6.07, 6.45) is 17.1. The van der Waals surface area contributed by atoms with Crippen molar-refractivity contribution < 1.29 is 0 Å². The number of allylic oxidation sites excluding steroid dienone is 13. The average molecular weight is 1030 g/mol. The van der Waals surface area contributed by atoms with Gasteiger partial charge in [-0.1, -0.05) is 348 Å². The Kier molecular flexibility index (Phi) is 32.6. The summed E-state index contributed by atoms with van der Waals surface area (Å²) in [4.78, 5) is 0. The van der Waals surface area contributed by atoms with Gasteiger partial charge in [0.25, 0.3) is 0 Å². The summed E-state index contributed by atoms with van der Waals surface area (Å²) in [5.74, 6) is 14.8. The maximum atomic E-state index is 2.22. The molecule has 0 aliphatic carbocycles. The van der Waals surface area contributed by atoms with Crippen molar-refractivity contribution in [3.8, 4) is 0 Å². The van der Waals surface area contributed by atoms with Crippen molar-refractivity contribution in [2.24, 2.45) is 27.1 Å². The number of hydrogen-bond acceptors (Lipinski definition) is 0. The van der Waals surface area contributed by atoms with Gasteiger partial charge in [0.1, 0.15) is 0 Å². The molecule has 8 rings (SSSR count). The van der Waals surface area contributed by atoms with Gasteiger partial charge in [0.2, 0.25) is 0 Å². The van der Waals surface area contributed by atoms with E-state index in [2.05, 4.69) is 384 Å². The lowest BCUT2D eigenvalue weighted by Crippen LogP contribution is -2.11. The smallest absolute Gasteiger partial charge is 0.117 e. The fourth-order valence-corrected chi connectivity index (χ4v) is 7.18. The van der Waals surface area contributed by atoms with Crippen LogP contribution < -0.4 is 0 Å². The molecule has 3 aromatic rings. The van der Waals surface area contributed by atoms with E-state index >= 15 is 0 Å².